The number of nitrogens with one attached hydrogen (secondary N) is 1. The summed E-state index contributed by atoms with van der Waals surface area (Å²) in [5.74, 6) is 1.16. The molecule has 5 nitrogen and oxygen atoms in total. The molecule has 0 radical (unpaired) electrons. The average molecular weight is 295 g/mol. The Hall–Kier alpha value is -1.75. The van der Waals surface area contributed by atoms with Crippen molar-refractivity contribution in [2.45, 2.75) is 39.3 Å². The van der Waals surface area contributed by atoms with Gasteiger partial charge >= 0.3 is 0 Å². The quantitative estimate of drug-likeness (QED) is 0.876. The Bertz CT molecular complexity index is 480. The lowest BCUT2D eigenvalue weighted by molar-refractivity contribution is -0.131. The van der Waals surface area contributed by atoms with Gasteiger partial charge in [-0.1, -0.05) is 6.07 Å². The van der Waals surface area contributed by atoms with Crippen molar-refractivity contribution < 1.29 is 19.0 Å². The molecule has 118 valence electrons. The van der Waals surface area contributed by atoms with Crippen LogP contribution in [0.5, 0.6) is 11.5 Å². The van der Waals surface area contributed by atoms with E-state index in [1.54, 1.807) is 14.2 Å². The number of amides is 1. The van der Waals surface area contributed by atoms with Gasteiger partial charge in [-0.25, -0.2) is 0 Å². The van der Waals surface area contributed by atoms with E-state index in [4.69, 9.17) is 14.2 Å². The fourth-order valence-electron chi connectivity index (χ4n) is 1.77. The van der Waals surface area contributed by atoms with Crippen molar-refractivity contribution in [2.75, 3.05) is 20.8 Å². The van der Waals surface area contributed by atoms with Gasteiger partial charge in [0, 0.05) is 0 Å². The summed E-state index contributed by atoms with van der Waals surface area (Å²) in [6.07, 6.45) is 0. The zero-order valence-corrected chi connectivity index (χ0v) is 13.6. The number of carbonyl (C=O) groups excluding carboxylic acids is 1. The van der Waals surface area contributed by atoms with Gasteiger partial charge in [0.05, 0.1) is 25.9 Å². The molecule has 1 aromatic rings. The van der Waals surface area contributed by atoms with E-state index >= 15 is 0 Å². The van der Waals surface area contributed by atoms with E-state index in [-0.39, 0.29) is 24.2 Å². The molecule has 0 aliphatic heterocycles. The van der Waals surface area contributed by atoms with E-state index in [9.17, 15) is 4.79 Å². The zero-order valence-electron chi connectivity index (χ0n) is 13.6. The number of benzene rings is 1. The topological polar surface area (TPSA) is 56.8 Å². The summed E-state index contributed by atoms with van der Waals surface area (Å²) in [6, 6.07) is 5.44. The van der Waals surface area contributed by atoms with E-state index in [0.29, 0.717) is 11.5 Å². The Balaban J connectivity index is 2.67. The molecule has 0 saturated heterocycles. The first-order valence-electron chi connectivity index (χ1n) is 6.92. The first kappa shape index (κ1) is 17.3. The van der Waals surface area contributed by atoms with E-state index in [1.807, 2.05) is 45.9 Å². The molecule has 0 fully saturated rings. The monoisotopic (exact) mass is 295 g/mol. The van der Waals surface area contributed by atoms with Crippen molar-refractivity contribution in [1.82, 2.24) is 5.32 Å². The third-order valence-corrected chi connectivity index (χ3v) is 2.92. The molecule has 1 N–H and O–H groups in total. The lowest BCUT2D eigenvalue weighted by Crippen LogP contribution is -2.33. The van der Waals surface area contributed by atoms with Gasteiger partial charge in [-0.3, -0.25) is 4.79 Å². The lowest BCUT2D eigenvalue weighted by atomic mass is 10.1. The molecule has 1 atom stereocenters. The van der Waals surface area contributed by atoms with Crippen molar-refractivity contribution >= 4 is 5.91 Å². The van der Waals surface area contributed by atoms with Crippen LogP contribution in [0, 0.1) is 0 Å². The van der Waals surface area contributed by atoms with Crippen LogP contribution in [0.15, 0.2) is 18.2 Å². The minimum Gasteiger partial charge on any atom is -0.493 e. The Morgan fingerprint density at radius 2 is 1.81 bits per heavy atom. The normalized spacial score (nSPS) is 12.7. The van der Waals surface area contributed by atoms with Gasteiger partial charge in [-0.05, 0) is 45.4 Å². The minimum atomic E-state index is -0.329. The lowest BCUT2D eigenvalue weighted by Gasteiger charge is -2.21. The number of methoxy groups -OCH3 is 2. The summed E-state index contributed by atoms with van der Waals surface area (Å²) >= 11 is 0. The smallest absolute Gasteiger partial charge is 0.246 e. The summed E-state index contributed by atoms with van der Waals surface area (Å²) in [6.45, 7) is 7.70. The second kappa shape index (κ2) is 7.31. The summed E-state index contributed by atoms with van der Waals surface area (Å²) in [7, 11) is 3.18. The highest BCUT2D eigenvalue weighted by molar-refractivity contribution is 5.77. The Morgan fingerprint density at radius 3 is 2.33 bits per heavy atom. The molecule has 0 aliphatic carbocycles. The van der Waals surface area contributed by atoms with Crippen LogP contribution in [0.1, 0.15) is 39.3 Å². The van der Waals surface area contributed by atoms with Gasteiger partial charge in [-0.15, -0.1) is 0 Å². The fourth-order valence-corrected chi connectivity index (χ4v) is 1.77. The van der Waals surface area contributed by atoms with E-state index in [0.717, 1.165) is 5.56 Å². The average Bonchev–Trinajstić information content (AvgIpc) is 2.43. The van der Waals surface area contributed by atoms with Crippen molar-refractivity contribution in [1.29, 1.82) is 0 Å². The molecule has 0 aromatic heterocycles. The fraction of sp³-hybridized carbons (Fsp3) is 0.562. The number of ether oxygens (including phenoxy) is 3. The summed E-state index contributed by atoms with van der Waals surface area (Å²) < 4.78 is 15.9. The van der Waals surface area contributed by atoms with Crippen LogP contribution in [0.25, 0.3) is 0 Å². The molecule has 0 spiro atoms. The minimum absolute atomic E-state index is 0.0428. The van der Waals surface area contributed by atoms with Crippen molar-refractivity contribution in [2.24, 2.45) is 0 Å². The Kier molecular flexibility index (Phi) is 6.03. The van der Waals surface area contributed by atoms with Gasteiger partial charge in [-0.2, -0.15) is 0 Å². The molecule has 1 amide bonds. The van der Waals surface area contributed by atoms with Gasteiger partial charge < -0.3 is 19.5 Å². The largest absolute Gasteiger partial charge is 0.493 e. The second-order valence-electron chi connectivity index (χ2n) is 5.80. The standard InChI is InChI=1S/C16H25NO4/c1-11(17-15(18)10-21-16(2,3)4)12-7-8-13(19-5)14(9-12)20-6/h7-9,11H,10H2,1-6H3,(H,17,18). The van der Waals surface area contributed by atoms with Crippen LogP contribution in [-0.4, -0.2) is 32.3 Å². The van der Waals surface area contributed by atoms with Crippen LogP contribution in [0.2, 0.25) is 0 Å². The summed E-state index contributed by atoms with van der Waals surface area (Å²) in [5, 5.41) is 2.90. The van der Waals surface area contributed by atoms with E-state index in [1.165, 1.54) is 0 Å². The SMILES string of the molecule is COc1ccc(C(C)NC(=O)COC(C)(C)C)cc1OC. The van der Waals surface area contributed by atoms with E-state index < -0.39 is 0 Å². The molecule has 0 saturated carbocycles. The van der Waals surface area contributed by atoms with Gasteiger partial charge in [0.25, 0.3) is 0 Å². The third-order valence-electron chi connectivity index (χ3n) is 2.92. The summed E-state index contributed by atoms with van der Waals surface area (Å²) in [4.78, 5) is 11.9. The van der Waals surface area contributed by atoms with Gasteiger partial charge in [0.2, 0.25) is 5.91 Å². The maximum absolute atomic E-state index is 11.9. The summed E-state index contributed by atoms with van der Waals surface area (Å²) in [5.41, 5.74) is 0.612. The van der Waals surface area contributed by atoms with Gasteiger partial charge in [0.1, 0.15) is 6.61 Å². The highest BCUT2D eigenvalue weighted by Gasteiger charge is 2.16. The predicted octanol–water partition coefficient (Wildman–Crippen LogP) is 2.70. The van der Waals surface area contributed by atoms with Crippen LogP contribution in [-0.2, 0) is 9.53 Å². The first-order valence-corrected chi connectivity index (χ1v) is 6.92. The van der Waals surface area contributed by atoms with Crippen LogP contribution in [0.4, 0.5) is 0 Å². The molecule has 0 heterocycles. The molecular weight excluding hydrogens is 270 g/mol. The van der Waals surface area contributed by atoms with Crippen LogP contribution >= 0.6 is 0 Å². The molecule has 0 bridgehead atoms. The number of hydrogen-bond acceptors (Lipinski definition) is 4. The molecule has 1 unspecified atom stereocenters. The highest BCUT2D eigenvalue weighted by atomic mass is 16.5. The third kappa shape index (κ3) is 5.63. The van der Waals surface area contributed by atoms with Crippen LogP contribution in [0.3, 0.4) is 0 Å². The molecule has 1 rings (SSSR count). The highest BCUT2D eigenvalue weighted by Crippen LogP contribution is 2.29. The van der Waals surface area contributed by atoms with Crippen molar-refractivity contribution in [3.05, 3.63) is 23.8 Å². The van der Waals surface area contributed by atoms with Crippen molar-refractivity contribution in [3.8, 4) is 11.5 Å². The number of rotatable bonds is 6. The van der Waals surface area contributed by atoms with Crippen LogP contribution < -0.4 is 14.8 Å². The Morgan fingerprint density at radius 1 is 1.19 bits per heavy atom. The molecular formula is C16H25NO4. The van der Waals surface area contributed by atoms with Gasteiger partial charge in [0.15, 0.2) is 11.5 Å². The Labute approximate surface area is 126 Å². The number of carbonyl (C=O) groups is 1. The van der Waals surface area contributed by atoms with Crippen molar-refractivity contribution in [3.63, 3.8) is 0 Å². The zero-order chi connectivity index (χ0) is 16.0. The second-order valence-corrected chi connectivity index (χ2v) is 5.80. The maximum atomic E-state index is 11.9. The molecule has 21 heavy (non-hydrogen) atoms. The number of hydrogen-bond donors (Lipinski definition) is 1. The molecule has 5 heteroatoms. The van der Waals surface area contributed by atoms with E-state index in [2.05, 4.69) is 5.32 Å². The predicted molar refractivity (Wildman–Crippen MR) is 81.8 cm³/mol. The molecule has 1 aromatic carbocycles. The maximum Gasteiger partial charge on any atom is 0.246 e. The first-order chi connectivity index (χ1) is 9.76. The molecule has 0 aliphatic rings.